The molecule has 2 unspecified atom stereocenters. The van der Waals surface area contributed by atoms with Crippen LogP contribution in [0.15, 0.2) is 34.4 Å². The Hall–Kier alpha value is -5.95. The summed E-state index contributed by atoms with van der Waals surface area (Å²) in [5.74, 6) is -3.71. The predicted molar refractivity (Wildman–Crippen MR) is 221 cm³/mol. The van der Waals surface area contributed by atoms with Crippen molar-refractivity contribution in [3.63, 3.8) is 0 Å². The van der Waals surface area contributed by atoms with Gasteiger partial charge in [-0.3, -0.25) is 53.3 Å². The van der Waals surface area contributed by atoms with E-state index in [0.29, 0.717) is 65.9 Å². The molecule has 2 atom stereocenters. The van der Waals surface area contributed by atoms with Crippen molar-refractivity contribution in [2.45, 2.75) is 83.9 Å². The molecule has 0 bridgehead atoms. The fourth-order valence-electron chi connectivity index (χ4n) is 5.26. The second kappa shape index (κ2) is 28.6. The second-order valence-corrected chi connectivity index (χ2v) is 14.6. The molecule has 2 aliphatic rings. The lowest BCUT2D eigenvalue weighted by Crippen LogP contribution is -2.44. The summed E-state index contributed by atoms with van der Waals surface area (Å²) in [6.45, 7) is 12.9. The number of nitrogens with two attached hydrogens (primary N) is 1. The Bertz CT molecular complexity index is 1950. The first kappa shape index (κ1) is 53.2. The highest BCUT2D eigenvalue weighted by Gasteiger charge is 2.30. The molecule has 4 heterocycles. The number of amides is 6. The molecule has 0 aromatic carbocycles. The molecule has 2 saturated heterocycles. The molecular weight excluding hydrogens is 834 g/mol. The van der Waals surface area contributed by atoms with E-state index in [9.17, 15) is 43.2 Å². The number of aromatic nitrogens is 4. The molecular formula is C39H59N9O15. The van der Waals surface area contributed by atoms with E-state index >= 15 is 0 Å². The molecule has 350 valence electrons. The van der Waals surface area contributed by atoms with Crippen LogP contribution in [-0.2, 0) is 42.9 Å². The monoisotopic (exact) mass is 893 g/mol. The molecule has 63 heavy (non-hydrogen) atoms. The summed E-state index contributed by atoms with van der Waals surface area (Å²) in [4.78, 5) is 111. The molecule has 2 aromatic rings. The lowest BCUT2D eigenvalue weighted by molar-refractivity contribution is -0.137. The second-order valence-electron chi connectivity index (χ2n) is 14.6. The Morgan fingerprint density at radius 2 is 1.19 bits per heavy atom. The number of piperidine rings is 2. The van der Waals surface area contributed by atoms with Crippen molar-refractivity contribution in [3.8, 4) is 0 Å². The van der Waals surface area contributed by atoms with Crippen LogP contribution in [-0.4, -0.2) is 144 Å². The quantitative estimate of drug-likeness (QED) is 0.0660. The molecule has 0 spiro atoms. The Labute approximate surface area is 362 Å². The van der Waals surface area contributed by atoms with Gasteiger partial charge < -0.3 is 45.2 Å². The number of imide groups is 2. The highest BCUT2D eigenvalue weighted by Crippen LogP contribution is 2.17. The first-order valence-electron chi connectivity index (χ1n) is 20.3. The highest BCUT2D eigenvalue weighted by atomic mass is 16.6. The number of carbonyl (C=O) groups is 7. The summed E-state index contributed by atoms with van der Waals surface area (Å²) in [5.41, 5.74) is 3.24. The zero-order valence-corrected chi connectivity index (χ0v) is 36.0. The maximum Gasteiger partial charge on any atom is 0.407 e. The fourth-order valence-corrected chi connectivity index (χ4v) is 5.26. The van der Waals surface area contributed by atoms with E-state index in [1.807, 2.05) is 27.7 Å². The number of nitrogens with zero attached hydrogens (tertiary/aromatic N) is 4. The average Bonchev–Trinajstić information content (AvgIpc) is 3.21. The normalized spacial score (nSPS) is 16.0. The number of aromatic carboxylic acids is 1. The molecule has 4 rings (SSSR count). The topological polar surface area (TPSA) is 330 Å². The van der Waals surface area contributed by atoms with Crippen molar-refractivity contribution < 1.29 is 62.4 Å². The van der Waals surface area contributed by atoms with Crippen molar-refractivity contribution >= 4 is 41.6 Å². The van der Waals surface area contributed by atoms with Crippen LogP contribution in [0, 0.1) is 0 Å². The first-order chi connectivity index (χ1) is 30.0. The number of hydrogen-bond donors (Lipinski definition) is 6. The van der Waals surface area contributed by atoms with Crippen LogP contribution in [0.3, 0.4) is 0 Å². The van der Waals surface area contributed by atoms with E-state index in [2.05, 4.69) is 31.2 Å². The van der Waals surface area contributed by atoms with Crippen LogP contribution >= 0.6 is 0 Å². The van der Waals surface area contributed by atoms with E-state index in [4.69, 9.17) is 34.5 Å². The number of hydrogen-bond acceptors (Lipinski definition) is 17. The zero-order chi connectivity index (χ0) is 46.8. The van der Waals surface area contributed by atoms with Crippen LogP contribution in [0.25, 0.3) is 0 Å². The SMILES string of the molecule is CC(C)(C)OC(=O)NCCOCCOCCCN.CCCOCCOCCNC(=O)c1cc(=O)n(C2CCC(=O)NC2=O)cn1.O=C1CCC(n2cnc(C(=O)O)cc2=O)C(=O)N1. The summed E-state index contributed by atoms with van der Waals surface area (Å²) in [6.07, 6.45) is 4.23. The largest absolute Gasteiger partial charge is 0.477 e. The molecule has 6 amide bonds. The van der Waals surface area contributed by atoms with Crippen molar-refractivity contribution in [2.24, 2.45) is 5.73 Å². The smallest absolute Gasteiger partial charge is 0.407 e. The van der Waals surface area contributed by atoms with E-state index in [1.165, 1.54) is 0 Å². The van der Waals surface area contributed by atoms with Crippen LogP contribution < -0.4 is 38.1 Å². The highest BCUT2D eigenvalue weighted by molar-refractivity contribution is 6.00. The van der Waals surface area contributed by atoms with Gasteiger partial charge in [0.1, 0.15) is 23.4 Å². The third-order valence-corrected chi connectivity index (χ3v) is 8.25. The van der Waals surface area contributed by atoms with E-state index in [1.54, 1.807) is 0 Å². The fraction of sp³-hybridized carbons (Fsp3) is 0.615. The predicted octanol–water partition coefficient (Wildman–Crippen LogP) is -0.794. The number of alkyl carbamates (subject to hydrolysis) is 1. The molecule has 24 heteroatoms. The molecule has 2 aliphatic heterocycles. The van der Waals surface area contributed by atoms with Gasteiger partial charge in [-0.2, -0.15) is 0 Å². The van der Waals surface area contributed by atoms with E-state index < -0.39 is 58.6 Å². The summed E-state index contributed by atoms with van der Waals surface area (Å²) in [5, 5.41) is 18.2. The Balaban J connectivity index is 0.000000337. The maximum atomic E-state index is 12.2. The number of carboxylic acid groups (broad SMARTS) is 1. The number of carboxylic acids is 1. The minimum Gasteiger partial charge on any atom is -0.477 e. The molecule has 2 fully saturated rings. The molecule has 24 nitrogen and oxygen atoms in total. The number of nitrogens with one attached hydrogen (secondary N) is 4. The van der Waals surface area contributed by atoms with Gasteiger partial charge in [0, 0.05) is 51.3 Å². The average molecular weight is 894 g/mol. The van der Waals surface area contributed by atoms with Gasteiger partial charge in [0.25, 0.3) is 17.0 Å². The van der Waals surface area contributed by atoms with Crippen molar-refractivity contribution in [1.82, 2.24) is 40.4 Å². The summed E-state index contributed by atoms with van der Waals surface area (Å²) >= 11 is 0. The molecule has 0 aliphatic carbocycles. The van der Waals surface area contributed by atoms with E-state index in [0.717, 1.165) is 46.8 Å². The van der Waals surface area contributed by atoms with Crippen LogP contribution in [0.4, 0.5) is 4.79 Å². The number of carbonyl (C=O) groups excluding carboxylic acids is 6. The lowest BCUT2D eigenvalue weighted by atomic mass is 10.1. The van der Waals surface area contributed by atoms with Crippen LogP contribution in [0.1, 0.15) is 99.3 Å². The minimum atomic E-state index is -1.32. The number of rotatable bonds is 21. The Morgan fingerprint density at radius 3 is 1.63 bits per heavy atom. The standard InChI is InChI=1S/C17H24N4O6.C12H26N2O4.C10H9N3O5/c1-2-6-26-8-9-27-7-5-18-16(24)12-10-15(23)21(11-19-12)13-3-4-14(22)20-17(13)25;1-12(2,3)18-11(15)14-6-8-17-10-9-16-7-4-5-13;14-7-2-1-6(9(16)12-7)13-4-11-5(10(17)18)3-8(13)15/h10-11,13H,2-9H2,1H3,(H,18,24)(H,20,22,25);4-10,13H2,1-3H3,(H,14,15);3-4,6H,1-2H2,(H,17,18)(H,12,14,16). The third-order valence-electron chi connectivity index (χ3n) is 8.25. The van der Waals surface area contributed by atoms with Crippen molar-refractivity contribution in [1.29, 1.82) is 0 Å². The minimum absolute atomic E-state index is 0.0465. The molecule has 0 radical (unpaired) electrons. The van der Waals surface area contributed by atoms with Gasteiger partial charge in [-0.25, -0.2) is 19.6 Å². The Kier molecular flexibility index (Phi) is 24.2. The van der Waals surface area contributed by atoms with Gasteiger partial charge in [-0.15, -0.1) is 0 Å². The summed E-state index contributed by atoms with van der Waals surface area (Å²) in [7, 11) is 0. The first-order valence-corrected chi connectivity index (χ1v) is 20.3. The van der Waals surface area contributed by atoms with Gasteiger partial charge >= 0.3 is 12.1 Å². The van der Waals surface area contributed by atoms with Gasteiger partial charge in [0.05, 0.1) is 52.3 Å². The van der Waals surface area contributed by atoms with Gasteiger partial charge in [-0.1, -0.05) is 6.92 Å². The van der Waals surface area contributed by atoms with Gasteiger partial charge in [0.2, 0.25) is 23.6 Å². The zero-order valence-electron chi connectivity index (χ0n) is 36.0. The lowest BCUT2D eigenvalue weighted by Gasteiger charge is -2.22. The van der Waals surface area contributed by atoms with Crippen molar-refractivity contribution in [3.05, 3.63) is 56.9 Å². The van der Waals surface area contributed by atoms with Crippen LogP contribution in [0.5, 0.6) is 0 Å². The third kappa shape index (κ3) is 21.1. The van der Waals surface area contributed by atoms with Gasteiger partial charge in [-0.05, 0) is 53.0 Å². The summed E-state index contributed by atoms with van der Waals surface area (Å²) in [6, 6.07) is 0.276. The maximum absolute atomic E-state index is 12.2. The number of ether oxygens (including phenoxy) is 5. The Morgan fingerprint density at radius 1 is 0.730 bits per heavy atom. The van der Waals surface area contributed by atoms with Gasteiger partial charge in [0.15, 0.2) is 5.69 Å². The van der Waals surface area contributed by atoms with E-state index in [-0.39, 0.29) is 55.4 Å². The molecule has 2 aromatic heterocycles. The molecule has 7 N–H and O–H groups in total. The molecule has 0 saturated carbocycles. The summed E-state index contributed by atoms with van der Waals surface area (Å²) < 4.78 is 28.3. The van der Waals surface area contributed by atoms with Crippen molar-refractivity contribution in [2.75, 3.05) is 72.5 Å². The van der Waals surface area contributed by atoms with Crippen LogP contribution in [0.2, 0.25) is 0 Å².